The summed E-state index contributed by atoms with van der Waals surface area (Å²) in [6.07, 6.45) is 4.10. The number of sulfonamides is 1. The SMILES string of the molecule is O=C(COC(=O)c1ccc[nH]c1=O)Nc1ccc(S(=O)(=O)N2CCCCC2)cc1. The Hall–Kier alpha value is -2.98. The van der Waals surface area contributed by atoms with E-state index in [0.29, 0.717) is 18.8 Å². The fraction of sp³-hybridized carbons (Fsp3) is 0.316. The smallest absolute Gasteiger partial charge is 0.344 e. The number of aromatic nitrogens is 1. The number of carbonyl (C=O) groups is 2. The molecule has 1 aromatic carbocycles. The summed E-state index contributed by atoms with van der Waals surface area (Å²) in [5.74, 6) is -1.53. The molecule has 1 aliphatic rings. The molecular weight excluding hydrogens is 398 g/mol. The quantitative estimate of drug-likeness (QED) is 0.681. The van der Waals surface area contributed by atoms with Crippen LogP contribution < -0.4 is 10.9 Å². The van der Waals surface area contributed by atoms with Gasteiger partial charge in [0.25, 0.3) is 11.5 Å². The van der Waals surface area contributed by atoms with Crippen molar-refractivity contribution in [2.75, 3.05) is 25.0 Å². The number of pyridine rings is 1. The van der Waals surface area contributed by atoms with Gasteiger partial charge in [-0.2, -0.15) is 4.31 Å². The van der Waals surface area contributed by atoms with Crippen molar-refractivity contribution in [1.82, 2.24) is 9.29 Å². The molecule has 1 aromatic heterocycles. The highest BCUT2D eigenvalue weighted by Gasteiger charge is 2.25. The Balaban J connectivity index is 1.56. The Morgan fingerprint density at radius 1 is 1.07 bits per heavy atom. The Kier molecular flexibility index (Phi) is 6.45. The van der Waals surface area contributed by atoms with Crippen LogP contribution >= 0.6 is 0 Å². The minimum Gasteiger partial charge on any atom is -0.452 e. The monoisotopic (exact) mass is 419 g/mol. The molecule has 0 aliphatic carbocycles. The molecule has 0 radical (unpaired) electrons. The lowest BCUT2D eigenvalue weighted by Crippen LogP contribution is -2.35. The second-order valence-electron chi connectivity index (χ2n) is 6.53. The van der Waals surface area contributed by atoms with Crippen molar-refractivity contribution in [2.45, 2.75) is 24.2 Å². The zero-order valence-corrected chi connectivity index (χ0v) is 16.4. The van der Waals surface area contributed by atoms with Crippen LogP contribution in [0.2, 0.25) is 0 Å². The standard InChI is InChI=1S/C19H21N3O6S/c23-17(13-28-19(25)16-5-4-10-20-18(16)24)21-14-6-8-15(9-7-14)29(26,27)22-11-2-1-3-12-22/h4-10H,1-3,11-13H2,(H,20,24)(H,21,23). The van der Waals surface area contributed by atoms with Gasteiger partial charge < -0.3 is 15.0 Å². The van der Waals surface area contributed by atoms with E-state index in [9.17, 15) is 22.8 Å². The number of hydrogen-bond donors (Lipinski definition) is 2. The Morgan fingerprint density at radius 2 is 1.76 bits per heavy atom. The fourth-order valence-corrected chi connectivity index (χ4v) is 4.47. The van der Waals surface area contributed by atoms with Crippen LogP contribution in [-0.2, 0) is 19.6 Å². The molecule has 1 fully saturated rings. The molecule has 0 atom stereocenters. The van der Waals surface area contributed by atoms with E-state index in [4.69, 9.17) is 4.74 Å². The van der Waals surface area contributed by atoms with Gasteiger partial charge in [0.05, 0.1) is 4.90 Å². The molecule has 154 valence electrons. The predicted octanol–water partition coefficient (Wildman–Crippen LogP) is 1.34. The molecule has 1 amide bonds. The van der Waals surface area contributed by atoms with Crippen molar-refractivity contribution in [2.24, 2.45) is 0 Å². The molecule has 3 rings (SSSR count). The number of ether oxygens (including phenoxy) is 1. The first-order valence-electron chi connectivity index (χ1n) is 9.13. The van der Waals surface area contributed by atoms with E-state index in [1.165, 1.54) is 46.9 Å². The molecule has 0 bridgehead atoms. The van der Waals surface area contributed by atoms with E-state index < -0.39 is 34.1 Å². The summed E-state index contributed by atoms with van der Waals surface area (Å²) in [6, 6.07) is 8.55. The maximum atomic E-state index is 12.6. The van der Waals surface area contributed by atoms with E-state index >= 15 is 0 Å². The summed E-state index contributed by atoms with van der Waals surface area (Å²) < 4.78 is 31.5. The summed E-state index contributed by atoms with van der Waals surface area (Å²) >= 11 is 0. The number of piperidine rings is 1. The average molecular weight is 419 g/mol. The Labute approximate surface area is 167 Å². The third-order valence-corrected chi connectivity index (χ3v) is 6.38. The molecule has 9 nitrogen and oxygen atoms in total. The van der Waals surface area contributed by atoms with Crippen LogP contribution in [0.1, 0.15) is 29.6 Å². The highest BCUT2D eigenvalue weighted by atomic mass is 32.2. The molecule has 0 spiro atoms. The maximum absolute atomic E-state index is 12.6. The van der Waals surface area contributed by atoms with Crippen LogP contribution in [0, 0.1) is 0 Å². The Morgan fingerprint density at radius 3 is 2.41 bits per heavy atom. The molecule has 0 saturated carbocycles. The predicted molar refractivity (Wildman–Crippen MR) is 105 cm³/mol. The highest BCUT2D eigenvalue weighted by Crippen LogP contribution is 2.21. The van der Waals surface area contributed by atoms with Gasteiger partial charge in [-0.1, -0.05) is 6.42 Å². The average Bonchev–Trinajstić information content (AvgIpc) is 2.73. The first-order valence-corrected chi connectivity index (χ1v) is 10.6. The molecule has 2 N–H and O–H groups in total. The molecule has 2 heterocycles. The number of benzene rings is 1. The van der Waals surface area contributed by atoms with E-state index in [2.05, 4.69) is 10.3 Å². The van der Waals surface area contributed by atoms with E-state index in [1.54, 1.807) is 0 Å². The van der Waals surface area contributed by atoms with Gasteiger partial charge in [-0.15, -0.1) is 0 Å². The first-order chi connectivity index (χ1) is 13.9. The van der Waals surface area contributed by atoms with Gasteiger partial charge in [0.15, 0.2) is 6.61 Å². The summed E-state index contributed by atoms with van der Waals surface area (Å²) in [5, 5.41) is 2.51. The van der Waals surface area contributed by atoms with Crippen LogP contribution in [0.25, 0.3) is 0 Å². The number of anilines is 1. The molecule has 1 saturated heterocycles. The lowest BCUT2D eigenvalue weighted by molar-refractivity contribution is -0.119. The number of nitrogens with zero attached hydrogens (tertiary/aromatic N) is 1. The van der Waals surface area contributed by atoms with Crippen LogP contribution in [0.5, 0.6) is 0 Å². The van der Waals surface area contributed by atoms with Gasteiger partial charge in [0.2, 0.25) is 10.0 Å². The van der Waals surface area contributed by atoms with Crippen molar-refractivity contribution in [3.8, 4) is 0 Å². The maximum Gasteiger partial charge on any atom is 0.344 e. The van der Waals surface area contributed by atoms with Crippen molar-refractivity contribution >= 4 is 27.6 Å². The highest BCUT2D eigenvalue weighted by molar-refractivity contribution is 7.89. The van der Waals surface area contributed by atoms with Gasteiger partial charge in [0.1, 0.15) is 5.56 Å². The van der Waals surface area contributed by atoms with Gasteiger partial charge in [-0.3, -0.25) is 9.59 Å². The van der Waals surface area contributed by atoms with E-state index in [0.717, 1.165) is 19.3 Å². The first kappa shape index (κ1) is 20.7. The number of H-pyrrole nitrogens is 1. The topological polar surface area (TPSA) is 126 Å². The third kappa shape index (κ3) is 5.09. The van der Waals surface area contributed by atoms with Gasteiger partial charge in [-0.25, -0.2) is 13.2 Å². The van der Waals surface area contributed by atoms with Crippen LogP contribution in [0.4, 0.5) is 5.69 Å². The molecular formula is C19H21N3O6S. The van der Waals surface area contributed by atoms with Crippen molar-refractivity contribution < 1.29 is 22.7 Å². The van der Waals surface area contributed by atoms with Gasteiger partial charge >= 0.3 is 5.97 Å². The van der Waals surface area contributed by atoms with Crippen LogP contribution in [0.15, 0.2) is 52.3 Å². The largest absolute Gasteiger partial charge is 0.452 e. The minimum atomic E-state index is -3.54. The zero-order valence-electron chi connectivity index (χ0n) is 15.6. The van der Waals surface area contributed by atoms with Crippen molar-refractivity contribution in [3.05, 3.63) is 58.5 Å². The normalized spacial score (nSPS) is 14.9. The fourth-order valence-electron chi connectivity index (χ4n) is 2.95. The molecule has 1 aliphatic heterocycles. The zero-order chi connectivity index (χ0) is 20.9. The van der Waals surface area contributed by atoms with Gasteiger partial charge in [0, 0.05) is 25.0 Å². The molecule has 29 heavy (non-hydrogen) atoms. The Bertz CT molecular complexity index is 1040. The molecule has 0 unspecified atom stereocenters. The number of carbonyl (C=O) groups excluding carboxylic acids is 2. The second kappa shape index (κ2) is 9.01. The second-order valence-corrected chi connectivity index (χ2v) is 8.46. The number of aromatic amines is 1. The number of amides is 1. The lowest BCUT2D eigenvalue weighted by atomic mass is 10.2. The van der Waals surface area contributed by atoms with Crippen molar-refractivity contribution in [3.63, 3.8) is 0 Å². The number of esters is 1. The van der Waals surface area contributed by atoms with E-state index in [-0.39, 0.29) is 10.5 Å². The summed E-state index contributed by atoms with van der Waals surface area (Å²) in [4.78, 5) is 37.8. The summed E-state index contributed by atoms with van der Waals surface area (Å²) in [7, 11) is -3.54. The molecule has 10 heteroatoms. The third-order valence-electron chi connectivity index (χ3n) is 4.46. The van der Waals surface area contributed by atoms with Crippen LogP contribution in [0.3, 0.4) is 0 Å². The van der Waals surface area contributed by atoms with Crippen LogP contribution in [-0.4, -0.2) is 49.3 Å². The lowest BCUT2D eigenvalue weighted by Gasteiger charge is -2.25. The van der Waals surface area contributed by atoms with Gasteiger partial charge in [-0.05, 0) is 49.2 Å². The molecule has 2 aromatic rings. The summed E-state index contributed by atoms with van der Waals surface area (Å²) in [5.41, 5.74) is -0.447. The number of nitrogens with one attached hydrogen (secondary N) is 2. The minimum absolute atomic E-state index is 0.159. The number of hydrogen-bond acceptors (Lipinski definition) is 6. The van der Waals surface area contributed by atoms with Crippen molar-refractivity contribution in [1.29, 1.82) is 0 Å². The summed E-state index contributed by atoms with van der Waals surface area (Å²) in [6.45, 7) is 0.438. The number of rotatable bonds is 6. The van der Waals surface area contributed by atoms with E-state index in [1.807, 2.05) is 0 Å².